The minimum Gasteiger partial charge on any atom is -0.366 e. The van der Waals surface area contributed by atoms with Crippen molar-refractivity contribution in [2.24, 2.45) is 0 Å². The van der Waals surface area contributed by atoms with Gasteiger partial charge in [-0.25, -0.2) is 4.52 Å². The molecule has 0 saturated heterocycles. The number of nitrogens with two attached hydrogens (primary N) is 1. The maximum Gasteiger partial charge on any atom is 0.240 e. The van der Waals surface area contributed by atoms with Crippen LogP contribution in [0.1, 0.15) is 12.7 Å². The molecule has 2 aromatic rings. The minimum atomic E-state index is 0. The Morgan fingerprint density at radius 3 is 2.92 bits per heavy atom. The fourth-order valence-corrected chi connectivity index (χ4v) is 1.18. The zero-order chi connectivity index (χ0) is 8.72. The number of fused-ring (bicyclic) bond motifs is 1. The standard InChI is InChI=1S/C8H10N4.H2/c1-5-3-4-7-10-8(9)11-12(7)6(5)2;/h3-4H,1-2H3,(H2,9,11);1H. The van der Waals surface area contributed by atoms with Crippen molar-refractivity contribution in [1.82, 2.24) is 14.6 Å². The summed E-state index contributed by atoms with van der Waals surface area (Å²) < 4.78 is 1.75. The Balaban J connectivity index is 0.000000845. The molecule has 0 spiro atoms. The monoisotopic (exact) mass is 164 g/mol. The second-order valence-corrected chi connectivity index (χ2v) is 2.84. The topological polar surface area (TPSA) is 56.2 Å². The van der Waals surface area contributed by atoms with E-state index in [0.717, 1.165) is 11.3 Å². The van der Waals surface area contributed by atoms with Gasteiger partial charge in [0.15, 0.2) is 5.65 Å². The van der Waals surface area contributed by atoms with E-state index in [0.29, 0.717) is 5.95 Å². The average molecular weight is 164 g/mol. The van der Waals surface area contributed by atoms with Gasteiger partial charge in [0.05, 0.1) is 0 Å². The lowest BCUT2D eigenvalue weighted by Crippen LogP contribution is -1.96. The summed E-state index contributed by atoms with van der Waals surface area (Å²) in [5, 5.41) is 4.06. The van der Waals surface area contributed by atoms with Gasteiger partial charge in [0, 0.05) is 7.12 Å². The molecule has 0 amide bonds. The number of nitrogens with zero attached hydrogens (tertiary/aromatic N) is 3. The normalized spacial score (nSPS) is 10.8. The maximum absolute atomic E-state index is 5.47. The van der Waals surface area contributed by atoms with Crippen LogP contribution in [0.2, 0.25) is 0 Å². The molecule has 0 aliphatic heterocycles. The van der Waals surface area contributed by atoms with Crippen LogP contribution in [0.15, 0.2) is 12.1 Å². The second kappa shape index (κ2) is 2.20. The SMILES string of the molecule is Cc1ccc2nc(N)nn2c1C.[HH]. The quantitative estimate of drug-likeness (QED) is 0.636. The third kappa shape index (κ3) is 0.845. The summed E-state index contributed by atoms with van der Waals surface area (Å²) in [6.07, 6.45) is 0. The smallest absolute Gasteiger partial charge is 0.240 e. The first-order valence-corrected chi connectivity index (χ1v) is 3.77. The Morgan fingerprint density at radius 1 is 1.42 bits per heavy atom. The van der Waals surface area contributed by atoms with E-state index in [-0.39, 0.29) is 1.43 Å². The van der Waals surface area contributed by atoms with Gasteiger partial charge in [-0.3, -0.25) is 0 Å². The van der Waals surface area contributed by atoms with E-state index in [1.807, 2.05) is 26.0 Å². The largest absolute Gasteiger partial charge is 0.366 e. The molecule has 0 saturated carbocycles. The Kier molecular flexibility index (Phi) is 1.30. The summed E-state index contributed by atoms with van der Waals surface area (Å²) in [5.41, 5.74) is 8.54. The zero-order valence-electron chi connectivity index (χ0n) is 7.07. The zero-order valence-corrected chi connectivity index (χ0v) is 7.07. The van der Waals surface area contributed by atoms with Crippen molar-refractivity contribution in [2.75, 3.05) is 5.73 Å². The number of pyridine rings is 1. The lowest BCUT2D eigenvalue weighted by molar-refractivity contribution is 0.907. The molecule has 4 nitrogen and oxygen atoms in total. The summed E-state index contributed by atoms with van der Waals surface area (Å²) in [4.78, 5) is 4.04. The highest BCUT2D eigenvalue weighted by Crippen LogP contribution is 2.09. The Hall–Kier alpha value is -1.58. The van der Waals surface area contributed by atoms with E-state index in [2.05, 4.69) is 10.1 Å². The van der Waals surface area contributed by atoms with Crippen LogP contribution in [0.4, 0.5) is 5.95 Å². The fraction of sp³-hybridized carbons (Fsp3) is 0.250. The average Bonchev–Trinajstić information content (AvgIpc) is 2.39. The second-order valence-electron chi connectivity index (χ2n) is 2.84. The number of rotatable bonds is 0. The number of anilines is 1. The van der Waals surface area contributed by atoms with Crippen LogP contribution >= 0.6 is 0 Å². The van der Waals surface area contributed by atoms with E-state index in [4.69, 9.17) is 5.73 Å². The summed E-state index contributed by atoms with van der Waals surface area (Å²) in [5.74, 6) is 0.323. The molecule has 0 atom stereocenters. The molecule has 2 heterocycles. The molecule has 0 aliphatic rings. The van der Waals surface area contributed by atoms with Gasteiger partial charge >= 0.3 is 0 Å². The maximum atomic E-state index is 5.47. The Bertz CT molecular complexity index is 435. The summed E-state index contributed by atoms with van der Waals surface area (Å²) in [7, 11) is 0. The molecular weight excluding hydrogens is 152 g/mol. The van der Waals surface area contributed by atoms with Crippen molar-refractivity contribution in [1.29, 1.82) is 0 Å². The van der Waals surface area contributed by atoms with Crippen LogP contribution in [-0.2, 0) is 0 Å². The van der Waals surface area contributed by atoms with Crippen LogP contribution in [0.5, 0.6) is 0 Å². The molecule has 12 heavy (non-hydrogen) atoms. The van der Waals surface area contributed by atoms with Gasteiger partial charge in [0.2, 0.25) is 5.95 Å². The number of nitrogen functional groups attached to an aromatic ring is 1. The molecule has 2 N–H and O–H groups in total. The highest BCUT2D eigenvalue weighted by molar-refractivity contribution is 5.44. The number of hydrogen-bond donors (Lipinski definition) is 1. The molecule has 2 aromatic heterocycles. The molecular formula is C8H12N4. The highest BCUT2D eigenvalue weighted by Gasteiger charge is 2.02. The lowest BCUT2D eigenvalue weighted by atomic mass is 10.2. The highest BCUT2D eigenvalue weighted by atomic mass is 15.3. The summed E-state index contributed by atoms with van der Waals surface area (Å²) in [6.45, 7) is 4.03. The molecule has 0 aliphatic carbocycles. The first-order valence-electron chi connectivity index (χ1n) is 3.77. The molecule has 0 radical (unpaired) electrons. The third-order valence-electron chi connectivity index (χ3n) is 2.02. The van der Waals surface area contributed by atoms with Crippen LogP contribution in [0, 0.1) is 13.8 Å². The fourth-order valence-electron chi connectivity index (χ4n) is 1.18. The van der Waals surface area contributed by atoms with Crippen LogP contribution in [0.3, 0.4) is 0 Å². The van der Waals surface area contributed by atoms with Crippen molar-refractivity contribution in [3.05, 3.63) is 23.4 Å². The lowest BCUT2D eigenvalue weighted by Gasteiger charge is -1.99. The number of aryl methyl sites for hydroxylation is 2. The van der Waals surface area contributed by atoms with Gasteiger partial charge in [-0.05, 0) is 25.5 Å². The van der Waals surface area contributed by atoms with Crippen molar-refractivity contribution in [3.8, 4) is 0 Å². The minimum absolute atomic E-state index is 0. The molecule has 0 fully saturated rings. The van der Waals surface area contributed by atoms with Crippen molar-refractivity contribution >= 4 is 11.6 Å². The van der Waals surface area contributed by atoms with Gasteiger partial charge in [0.25, 0.3) is 0 Å². The summed E-state index contributed by atoms with van der Waals surface area (Å²) in [6, 6.07) is 3.92. The van der Waals surface area contributed by atoms with E-state index < -0.39 is 0 Å². The van der Waals surface area contributed by atoms with Crippen LogP contribution in [-0.4, -0.2) is 14.6 Å². The van der Waals surface area contributed by atoms with Crippen molar-refractivity contribution in [3.63, 3.8) is 0 Å². The van der Waals surface area contributed by atoms with Crippen LogP contribution < -0.4 is 5.73 Å². The van der Waals surface area contributed by atoms with Gasteiger partial charge in [0.1, 0.15) is 0 Å². The van der Waals surface area contributed by atoms with Gasteiger partial charge in [-0.1, -0.05) is 6.07 Å². The van der Waals surface area contributed by atoms with E-state index in [1.165, 1.54) is 5.56 Å². The molecule has 4 heteroatoms. The van der Waals surface area contributed by atoms with Crippen molar-refractivity contribution in [2.45, 2.75) is 13.8 Å². The van der Waals surface area contributed by atoms with E-state index in [9.17, 15) is 0 Å². The van der Waals surface area contributed by atoms with Crippen molar-refractivity contribution < 1.29 is 1.43 Å². The van der Waals surface area contributed by atoms with Gasteiger partial charge in [-0.15, -0.1) is 5.10 Å². The molecule has 2 rings (SSSR count). The van der Waals surface area contributed by atoms with E-state index >= 15 is 0 Å². The number of aromatic nitrogens is 3. The molecule has 64 valence electrons. The Labute approximate surface area is 71.5 Å². The van der Waals surface area contributed by atoms with Crippen LogP contribution in [0.25, 0.3) is 5.65 Å². The predicted octanol–water partition coefficient (Wildman–Crippen LogP) is 1.17. The van der Waals surface area contributed by atoms with Gasteiger partial charge < -0.3 is 5.73 Å². The summed E-state index contributed by atoms with van der Waals surface area (Å²) >= 11 is 0. The molecule has 0 bridgehead atoms. The van der Waals surface area contributed by atoms with E-state index in [1.54, 1.807) is 4.52 Å². The molecule has 0 aromatic carbocycles. The molecule has 0 unspecified atom stereocenters. The predicted molar refractivity (Wildman–Crippen MR) is 49.0 cm³/mol. The third-order valence-corrected chi connectivity index (χ3v) is 2.02. The first kappa shape index (κ1) is 7.09. The first-order chi connectivity index (χ1) is 5.68. The Morgan fingerprint density at radius 2 is 2.17 bits per heavy atom. The van der Waals surface area contributed by atoms with Gasteiger partial charge in [-0.2, -0.15) is 4.98 Å². The number of hydrogen-bond acceptors (Lipinski definition) is 3.